The molecule has 24 heavy (non-hydrogen) atoms. The second kappa shape index (κ2) is 7.68. The molecule has 0 saturated heterocycles. The molecule has 9 heteroatoms. The Morgan fingerprint density at radius 1 is 0.750 bits per heavy atom. The normalized spacial score (nSPS) is 10.0. The van der Waals surface area contributed by atoms with Crippen molar-refractivity contribution in [3.63, 3.8) is 0 Å². The van der Waals surface area contributed by atoms with Gasteiger partial charge in [0.05, 0.1) is 9.85 Å². The van der Waals surface area contributed by atoms with Crippen LogP contribution in [0.3, 0.4) is 0 Å². The van der Waals surface area contributed by atoms with Gasteiger partial charge in [0.2, 0.25) is 0 Å². The lowest BCUT2D eigenvalue weighted by Crippen LogP contribution is -2.07. The fraction of sp³-hybridized carbons (Fsp3) is 0.133. The van der Waals surface area contributed by atoms with Crippen molar-refractivity contribution in [3.8, 4) is 0 Å². The van der Waals surface area contributed by atoms with Gasteiger partial charge in [-0.25, -0.2) is 4.79 Å². The molecule has 2 rings (SSSR count). The molecule has 0 aliphatic heterocycles. The molecule has 0 heterocycles. The minimum absolute atomic E-state index is 0.0560. The van der Waals surface area contributed by atoms with E-state index >= 15 is 0 Å². The van der Waals surface area contributed by atoms with Gasteiger partial charge < -0.3 is 9.47 Å². The van der Waals surface area contributed by atoms with Crippen LogP contribution in [0.5, 0.6) is 0 Å². The number of nitro groups is 2. The Hall–Kier alpha value is -3.49. The Kier molecular flexibility index (Phi) is 5.40. The first-order valence-corrected chi connectivity index (χ1v) is 6.72. The zero-order chi connectivity index (χ0) is 17.5. The average molecular weight is 332 g/mol. The SMILES string of the molecule is O=C(OCc1ccc([N+](=O)[O-])cc1)OCc1ccc([N+](=O)[O-])cc1. The van der Waals surface area contributed by atoms with Crippen molar-refractivity contribution in [2.45, 2.75) is 13.2 Å². The van der Waals surface area contributed by atoms with Crippen LogP contribution in [0.25, 0.3) is 0 Å². The third-order valence-electron chi connectivity index (χ3n) is 3.01. The van der Waals surface area contributed by atoms with E-state index in [1.54, 1.807) is 0 Å². The first-order valence-electron chi connectivity index (χ1n) is 6.72. The van der Waals surface area contributed by atoms with Crippen molar-refractivity contribution in [2.24, 2.45) is 0 Å². The van der Waals surface area contributed by atoms with Gasteiger partial charge in [0.15, 0.2) is 0 Å². The first-order chi connectivity index (χ1) is 11.5. The highest BCUT2D eigenvalue weighted by Crippen LogP contribution is 2.14. The number of hydrogen-bond acceptors (Lipinski definition) is 7. The van der Waals surface area contributed by atoms with Crippen LogP contribution in [0.2, 0.25) is 0 Å². The van der Waals surface area contributed by atoms with E-state index in [4.69, 9.17) is 9.47 Å². The van der Waals surface area contributed by atoms with E-state index in [1.165, 1.54) is 48.5 Å². The molecule has 2 aromatic carbocycles. The molecule has 2 aromatic rings. The maximum atomic E-state index is 11.5. The van der Waals surface area contributed by atoms with E-state index in [9.17, 15) is 25.0 Å². The van der Waals surface area contributed by atoms with Gasteiger partial charge in [0.25, 0.3) is 11.4 Å². The minimum atomic E-state index is -0.910. The van der Waals surface area contributed by atoms with Crippen LogP contribution in [0.1, 0.15) is 11.1 Å². The lowest BCUT2D eigenvalue weighted by Gasteiger charge is -2.06. The van der Waals surface area contributed by atoms with Crippen LogP contribution >= 0.6 is 0 Å². The monoisotopic (exact) mass is 332 g/mol. The highest BCUT2D eigenvalue weighted by atomic mass is 16.7. The molecule has 9 nitrogen and oxygen atoms in total. The molecule has 124 valence electrons. The number of ether oxygens (including phenoxy) is 2. The average Bonchev–Trinajstić information content (AvgIpc) is 2.58. The number of carbonyl (C=O) groups is 1. The Balaban J connectivity index is 1.78. The number of benzene rings is 2. The topological polar surface area (TPSA) is 122 Å². The van der Waals surface area contributed by atoms with Crippen LogP contribution in [0.4, 0.5) is 16.2 Å². The van der Waals surface area contributed by atoms with Crippen molar-refractivity contribution in [1.29, 1.82) is 0 Å². The zero-order valence-corrected chi connectivity index (χ0v) is 12.3. The highest BCUT2D eigenvalue weighted by molar-refractivity contribution is 5.60. The molecular weight excluding hydrogens is 320 g/mol. The molecule has 0 unspecified atom stereocenters. The fourth-order valence-electron chi connectivity index (χ4n) is 1.75. The van der Waals surface area contributed by atoms with E-state index in [1.807, 2.05) is 0 Å². The van der Waals surface area contributed by atoms with E-state index in [0.29, 0.717) is 11.1 Å². The minimum Gasteiger partial charge on any atom is -0.429 e. The maximum Gasteiger partial charge on any atom is 0.508 e. The third kappa shape index (κ3) is 4.77. The van der Waals surface area contributed by atoms with Crippen LogP contribution in [0, 0.1) is 20.2 Å². The van der Waals surface area contributed by atoms with E-state index < -0.39 is 16.0 Å². The summed E-state index contributed by atoms with van der Waals surface area (Å²) >= 11 is 0. The molecule has 0 saturated carbocycles. The lowest BCUT2D eigenvalue weighted by molar-refractivity contribution is -0.385. The van der Waals surface area contributed by atoms with Crippen LogP contribution in [0.15, 0.2) is 48.5 Å². The van der Waals surface area contributed by atoms with Crippen molar-refractivity contribution < 1.29 is 24.1 Å². The number of nitrogens with zero attached hydrogens (tertiary/aromatic N) is 2. The summed E-state index contributed by atoms with van der Waals surface area (Å²) in [6.07, 6.45) is -0.910. The van der Waals surface area contributed by atoms with Gasteiger partial charge >= 0.3 is 6.16 Å². The van der Waals surface area contributed by atoms with Crippen molar-refractivity contribution in [1.82, 2.24) is 0 Å². The first kappa shape index (κ1) is 16.9. The van der Waals surface area contributed by atoms with E-state index in [-0.39, 0.29) is 24.6 Å². The summed E-state index contributed by atoms with van der Waals surface area (Å²) in [5.41, 5.74) is 1.04. The number of non-ortho nitro benzene ring substituents is 2. The van der Waals surface area contributed by atoms with Gasteiger partial charge in [0, 0.05) is 24.3 Å². The van der Waals surface area contributed by atoms with Gasteiger partial charge in [0.1, 0.15) is 13.2 Å². The Morgan fingerprint density at radius 3 is 1.38 bits per heavy atom. The number of hydrogen-bond donors (Lipinski definition) is 0. The number of nitro benzene ring substituents is 2. The Labute approximate surface area is 135 Å². The Bertz CT molecular complexity index is 678. The zero-order valence-electron chi connectivity index (χ0n) is 12.3. The quantitative estimate of drug-likeness (QED) is 0.451. The summed E-state index contributed by atoms with van der Waals surface area (Å²) in [7, 11) is 0. The third-order valence-corrected chi connectivity index (χ3v) is 3.01. The maximum absolute atomic E-state index is 11.5. The lowest BCUT2D eigenvalue weighted by atomic mass is 10.2. The van der Waals surface area contributed by atoms with Gasteiger partial charge in [-0.15, -0.1) is 0 Å². The molecule has 0 bridgehead atoms. The van der Waals surface area contributed by atoms with Gasteiger partial charge in [-0.3, -0.25) is 20.2 Å². The molecule has 0 N–H and O–H groups in total. The molecule has 0 amide bonds. The van der Waals surface area contributed by atoms with Crippen molar-refractivity contribution in [3.05, 3.63) is 79.9 Å². The summed E-state index contributed by atoms with van der Waals surface area (Å²) in [4.78, 5) is 31.5. The van der Waals surface area contributed by atoms with Gasteiger partial charge in [-0.1, -0.05) is 0 Å². The molecule has 0 aliphatic carbocycles. The molecule has 0 atom stereocenters. The predicted molar refractivity (Wildman–Crippen MR) is 81.2 cm³/mol. The summed E-state index contributed by atoms with van der Waals surface area (Å²) in [6.45, 7) is -0.172. The largest absolute Gasteiger partial charge is 0.508 e. The van der Waals surface area contributed by atoms with Gasteiger partial charge in [-0.05, 0) is 35.4 Å². The van der Waals surface area contributed by atoms with Crippen LogP contribution < -0.4 is 0 Å². The second-order valence-corrected chi connectivity index (χ2v) is 4.67. The molecule has 0 spiro atoms. The number of carbonyl (C=O) groups excluding carboxylic acids is 1. The summed E-state index contributed by atoms with van der Waals surface area (Å²) in [5, 5.41) is 21.0. The number of rotatable bonds is 6. The van der Waals surface area contributed by atoms with Crippen LogP contribution in [-0.2, 0) is 22.7 Å². The Morgan fingerprint density at radius 2 is 1.08 bits per heavy atom. The van der Waals surface area contributed by atoms with Crippen LogP contribution in [-0.4, -0.2) is 16.0 Å². The molecule has 0 radical (unpaired) electrons. The molecular formula is C15H12N2O7. The van der Waals surface area contributed by atoms with Crippen molar-refractivity contribution in [2.75, 3.05) is 0 Å². The molecule has 0 aromatic heterocycles. The standard InChI is InChI=1S/C15H12N2O7/c18-15(23-9-11-1-5-13(6-2-11)16(19)20)24-10-12-3-7-14(8-4-12)17(21)22/h1-8H,9-10H2. The smallest absolute Gasteiger partial charge is 0.429 e. The van der Waals surface area contributed by atoms with E-state index in [0.717, 1.165) is 0 Å². The summed E-state index contributed by atoms with van der Waals surface area (Å²) in [5.74, 6) is 0. The summed E-state index contributed by atoms with van der Waals surface area (Å²) < 4.78 is 9.75. The summed E-state index contributed by atoms with van der Waals surface area (Å²) in [6, 6.07) is 11.1. The predicted octanol–water partition coefficient (Wildman–Crippen LogP) is 3.36. The second-order valence-electron chi connectivity index (χ2n) is 4.67. The van der Waals surface area contributed by atoms with E-state index in [2.05, 4.69) is 0 Å². The highest BCUT2D eigenvalue weighted by Gasteiger charge is 2.09. The molecule has 0 fully saturated rings. The fourth-order valence-corrected chi connectivity index (χ4v) is 1.75. The van der Waals surface area contributed by atoms with Gasteiger partial charge in [-0.2, -0.15) is 0 Å². The molecule has 0 aliphatic rings. The van der Waals surface area contributed by atoms with Crippen molar-refractivity contribution >= 4 is 17.5 Å².